The first kappa shape index (κ1) is 16.0. The van der Waals surface area contributed by atoms with Crippen molar-refractivity contribution in [3.8, 4) is 0 Å². The summed E-state index contributed by atoms with van der Waals surface area (Å²) in [5.74, 6) is 0.527. The summed E-state index contributed by atoms with van der Waals surface area (Å²) in [6, 6.07) is 0. The van der Waals surface area contributed by atoms with Crippen LogP contribution in [0.3, 0.4) is 0 Å². The highest BCUT2D eigenvalue weighted by Gasteiger charge is 2.18. The molecule has 0 radical (unpaired) electrons. The summed E-state index contributed by atoms with van der Waals surface area (Å²) in [6.07, 6.45) is 8.22. The number of H-pyrrole nitrogens is 1. The summed E-state index contributed by atoms with van der Waals surface area (Å²) in [5.41, 5.74) is 1.14. The molecule has 0 spiro atoms. The van der Waals surface area contributed by atoms with Gasteiger partial charge in [-0.3, -0.25) is 9.89 Å². The number of aryl methyl sites for hydroxylation is 1. The van der Waals surface area contributed by atoms with Crippen LogP contribution in [0.25, 0.3) is 0 Å². The van der Waals surface area contributed by atoms with Gasteiger partial charge in [-0.1, -0.05) is 0 Å². The van der Waals surface area contributed by atoms with E-state index in [1.807, 2.05) is 6.20 Å². The zero-order valence-electron chi connectivity index (χ0n) is 12.6. The highest BCUT2D eigenvalue weighted by molar-refractivity contribution is 5.75. The van der Waals surface area contributed by atoms with Crippen LogP contribution >= 0.6 is 0 Å². The molecule has 1 unspecified atom stereocenters. The monoisotopic (exact) mass is 294 g/mol. The van der Waals surface area contributed by atoms with E-state index < -0.39 is 0 Å². The summed E-state index contributed by atoms with van der Waals surface area (Å²) in [5, 5.41) is 18.8. The van der Waals surface area contributed by atoms with Crippen LogP contribution in [0.1, 0.15) is 31.2 Å². The highest BCUT2D eigenvalue weighted by Crippen LogP contribution is 2.14. The predicted octanol–water partition coefficient (Wildman–Crippen LogP) is 0.553. The van der Waals surface area contributed by atoms with Gasteiger partial charge in [0.05, 0.1) is 6.20 Å². The first-order valence-electron chi connectivity index (χ1n) is 7.85. The topological polar surface area (TPSA) is 81.2 Å². The molecule has 1 saturated heterocycles. The van der Waals surface area contributed by atoms with Gasteiger partial charge in [-0.05, 0) is 43.7 Å². The molecule has 21 heavy (non-hydrogen) atoms. The lowest BCUT2D eigenvalue weighted by Crippen LogP contribution is -2.41. The molecule has 3 N–H and O–H groups in total. The Morgan fingerprint density at radius 2 is 2.48 bits per heavy atom. The van der Waals surface area contributed by atoms with Gasteiger partial charge >= 0.3 is 0 Å². The fourth-order valence-corrected chi connectivity index (χ4v) is 2.81. The Bertz CT molecular complexity index is 408. The van der Waals surface area contributed by atoms with Crippen LogP contribution in [0.4, 0.5) is 0 Å². The molecule has 1 aromatic rings. The van der Waals surface area contributed by atoms with Crippen molar-refractivity contribution in [2.75, 3.05) is 32.8 Å². The van der Waals surface area contributed by atoms with Crippen LogP contribution in [0.5, 0.6) is 0 Å². The maximum atomic E-state index is 11.7. The number of likely N-dealkylation sites (tertiary alicyclic amines) is 1. The number of aromatic nitrogens is 2. The predicted molar refractivity (Wildman–Crippen MR) is 80.8 cm³/mol. The quantitative estimate of drug-likeness (QED) is 0.654. The van der Waals surface area contributed by atoms with Crippen molar-refractivity contribution in [3.63, 3.8) is 0 Å². The maximum Gasteiger partial charge on any atom is 0.220 e. The van der Waals surface area contributed by atoms with E-state index in [0.717, 1.165) is 50.9 Å². The highest BCUT2D eigenvalue weighted by atomic mass is 16.3. The van der Waals surface area contributed by atoms with E-state index in [1.54, 1.807) is 6.20 Å². The van der Waals surface area contributed by atoms with E-state index >= 15 is 0 Å². The maximum absolute atomic E-state index is 11.7. The minimum Gasteiger partial charge on any atom is -0.396 e. The standard InChI is InChI=1S/C15H26N4O2/c20-12-14-4-2-7-19(11-14)8-6-16-15(21)5-1-3-13-9-17-18-10-13/h9-10,14,20H,1-8,11-12H2,(H,16,21)(H,17,18). The van der Waals surface area contributed by atoms with Gasteiger partial charge in [0, 0.05) is 38.9 Å². The third-order valence-corrected chi connectivity index (χ3v) is 4.04. The Balaban J connectivity index is 1.52. The van der Waals surface area contributed by atoms with Gasteiger partial charge in [-0.15, -0.1) is 0 Å². The van der Waals surface area contributed by atoms with E-state index in [2.05, 4.69) is 20.4 Å². The first-order chi connectivity index (χ1) is 10.3. The van der Waals surface area contributed by atoms with Crippen molar-refractivity contribution in [2.24, 2.45) is 5.92 Å². The fraction of sp³-hybridized carbons (Fsp3) is 0.733. The number of aromatic amines is 1. The Morgan fingerprint density at radius 3 is 3.24 bits per heavy atom. The lowest BCUT2D eigenvalue weighted by molar-refractivity contribution is -0.121. The Hall–Kier alpha value is -1.40. The number of amides is 1. The molecule has 1 fully saturated rings. The zero-order valence-corrected chi connectivity index (χ0v) is 12.6. The molecule has 6 heteroatoms. The molecule has 1 amide bonds. The summed E-state index contributed by atoms with van der Waals surface area (Å²) in [6.45, 7) is 3.88. The molecule has 1 aromatic heterocycles. The lowest BCUT2D eigenvalue weighted by Gasteiger charge is -2.31. The third-order valence-electron chi connectivity index (χ3n) is 4.04. The van der Waals surface area contributed by atoms with Gasteiger partial charge in [0.1, 0.15) is 0 Å². The van der Waals surface area contributed by atoms with Gasteiger partial charge in [0.15, 0.2) is 0 Å². The molecule has 1 aliphatic rings. The second-order valence-electron chi connectivity index (χ2n) is 5.80. The minimum absolute atomic E-state index is 0.120. The van der Waals surface area contributed by atoms with Crippen LogP contribution < -0.4 is 5.32 Å². The number of rotatable bonds is 8. The van der Waals surface area contributed by atoms with Crippen LogP contribution in [0, 0.1) is 5.92 Å². The minimum atomic E-state index is 0.120. The number of carbonyl (C=O) groups is 1. The smallest absolute Gasteiger partial charge is 0.220 e. The Morgan fingerprint density at radius 1 is 1.57 bits per heavy atom. The molecule has 2 rings (SSSR count). The molecule has 2 heterocycles. The van der Waals surface area contributed by atoms with Crippen molar-refractivity contribution in [1.29, 1.82) is 0 Å². The van der Waals surface area contributed by atoms with Crippen molar-refractivity contribution >= 4 is 5.91 Å². The Labute approximate surface area is 125 Å². The molecule has 0 aliphatic carbocycles. The van der Waals surface area contributed by atoms with Crippen LogP contribution in [-0.2, 0) is 11.2 Å². The average Bonchev–Trinajstić information content (AvgIpc) is 3.01. The largest absolute Gasteiger partial charge is 0.396 e. The van der Waals surface area contributed by atoms with Gasteiger partial charge in [0.25, 0.3) is 0 Å². The lowest BCUT2D eigenvalue weighted by atomic mass is 9.99. The molecule has 1 aliphatic heterocycles. The van der Waals surface area contributed by atoms with Crippen LogP contribution in [0.2, 0.25) is 0 Å². The van der Waals surface area contributed by atoms with E-state index in [1.165, 1.54) is 0 Å². The van der Waals surface area contributed by atoms with Crippen LogP contribution in [0.15, 0.2) is 12.4 Å². The number of aliphatic hydroxyl groups is 1. The third kappa shape index (κ3) is 5.85. The molecular formula is C15H26N4O2. The first-order valence-corrected chi connectivity index (χ1v) is 7.85. The van der Waals surface area contributed by atoms with Gasteiger partial charge in [-0.25, -0.2) is 0 Å². The summed E-state index contributed by atoms with van der Waals surface area (Å²) < 4.78 is 0. The molecule has 0 saturated carbocycles. The molecule has 118 valence electrons. The summed E-state index contributed by atoms with van der Waals surface area (Å²) in [4.78, 5) is 14.1. The average molecular weight is 294 g/mol. The second-order valence-corrected chi connectivity index (χ2v) is 5.80. The molecule has 1 atom stereocenters. The zero-order chi connectivity index (χ0) is 14.9. The van der Waals surface area contributed by atoms with Gasteiger partial charge in [0.2, 0.25) is 5.91 Å². The summed E-state index contributed by atoms with van der Waals surface area (Å²) >= 11 is 0. The number of hydrogen-bond acceptors (Lipinski definition) is 4. The number of hydrogen-bond donors (Lipinski definition) is 3. The normalized spacial score (nSPS) is 19.6. The molecule has 6 nitrogen and oxygen atoms in total. The second kappa shape index (κ2) is 8.79. The van der Waals surface area contributed by atoms with Crippen molar-refractivity contribution < 1.29 is 9.90 Å². The number of piperidine rings is 1. The number of nitrogens with zero attached hydrogens (tertiary/aromatic N) is 2. The SMILES string of the molecule is O=C(CCCc1cn[nH]c1)NCCN1CCCC(CO)C1. The van der Waals surface area contributed by atoms with E-state index in [9.17, 15) is 9.90 Å². The van der Waals surface area contributed by atoms with Crippen molar-refractivity contribution in [2.45, 2.75) is 32.1 Å². The van der Waals surface area contributed by atoms with Crippen molar-refractivity contribution in [3.05, 3.63) is 18.0 Å². The van der Waals surface area contributed by atoms with E-state index in [-0.39, 0.29) is 12.5 Å². The fourth-order valence-electron chi connectivity index (χ4n) is 2.81. The summed E-state index contributed by atoms with van der Waals surface area (Å²) in [7, 11) is 0. The Kier molecular flexibility index (Phi) is 6.69. The van der Waals surface area contributed by atoms with Gasteiger partial charge in [-0.2, -0.15) is 5.10 Å². The number of carbonyl (C=O) groups excluding carboxylic acids is 1. The molecule has 0 bridgehead atoms. The molecular weight excluding hydrogens is 268 g/mol. The van der Waals surface area contributed by atoms with Gasteiger partial charge < -0.3 is 15.3 Å². The van der Waals surface area contributed by atoms with E-state index in [0.29, 0.717) is 18.9 Å². The molecule has 0 aromatic carbocycles. The van der Waals surface area contributed by atoms with Crippen molar-refractivity contribution in [1.82, 2.24) is 20.4 Å². The number of nitrogens with one attached hydrogen (secondary N) is 2. The van der Waals surface area contributed by atoms with Crippen LogP contribution in [-0.4, -0.2) is 58.9 Å². The van der Waals surface area contributed by atoms with E-state index in [4.69, 9.17) is 0 Å². The number of aliphatic hydroxyl groups excluding tert-OH is 1.